The molecule has 59 heavy (non-hydrogen) atoms. The first-order valence-electron chi connectivity index (χ1n) is 22.1. The zero-order chi connectivity index (χ0) is 43.8. The van der Waals surface area contributed by atoms with Crippen molar-refractivity contribution < 1.29 is 52.6 Å². The first-order valence-corrected chi connectivity index (χ1v) is 24.6. The van der Waals surface area contributed by atoms with E-state index in [-0.39, 0.29) is 44.6 Å². The van der Waals surface area contributed by atoms with Crippen LogP contribution in [0.3, 0.4) is 0 Å². The van der Waals surface area contributed by atoms with Crippen molar-refractivity contribution in [2.24, 2.45) is 11.5 Å². The van der Waals surface area contributed by atoms with Gasteiger partial charge in [0, 0.05) is 30.4 Å². The first-order chi connectivity index (χ1) is 28.4. The molecule has 0 aromatic carbocycles. The van der Waals surface area contributed by atoms with Crippen LogP contribution in [0.25, 0.3) is 0 Å². The number of carboxylic acid groups (broad SMARTS) is 1. The SMILES string of the molecule is CCCCC/C=C\C\C=C/C=C/C=C/[C@@H](SC[C@H](N)C(=O)O[C@H](COC(=O)CCCCCCCCCCCCCCC)COP(=O)(O)OCCN)[C@@H](O)CCCC(=O)O. The molecule has 7 N–H and O–H groups in total. The zero-order valence-electron chi connectivity index (χ0n) is 36.1. The van der Waals surface area contributed by atoms with Gasteiger partial charge in [0.05, 0.1) is 19.3 Å². The van der Waals surface area contributed by atoms with Crippen molar-refractivity contribution in [1.82, 2.24) is 0 Å². The molecular weight excluding hydrogens is 796 g/mol. The number of allylic oxidation sites excluding steroid dienone is 7. The Hall–Kier alpha value is -2.29. The molecule has 13 nitrogen and oxygen atoms in total. The Kier molecular flexibility index (Phi) is 38.3. The predicted octanol–water partition coefficient (Wildman–Crippen LogP) is 9.26. The van der Waals surface area contributed by atoms with Gasteiger partial charge in [0.2, 0.25) is 0 Å². The van der Waals surface area contributed by atoms with Gasteiger partial charge in [-0.15, -0.1) is 11.8 Å². The van der Waals surface area contributed by atoms with Crippen molar-refractivity contribution in [3.63, 3.8) is 0 Å². The molecule has 5 atom stereocenters. The molecule has 0 radical (unpaired) electrons. The third-order valence-electron chi connectivity index (χ3n) is 9.22. The fourth-order valence-electron chi connectivity index (χ4n) is 5.76. The Balaban J connectivity index is 5.13. The Morgan fingerprint density at radius 2 is 1.36 bits per heavy atom. The summed E-state index contributed by atoms with van der Waals surface area (Å²) in [5, 5.41) is 19.4. The second-order valence-corrected chi connectivity index (χ2v) is 17.4. The Labute approximate surface area is 359 Å². The number of thioether (sulfide) groups is 1. The number of rotatable bonds is 41. The van der Waals surface area contributed by atoms with Crippen LogP contribution in [0.4, 0.5) is 0 Å². The number of ether oxygens (including phenoxy) is 2. The Bertz CT molecular complexity index is 1230. The van der Waals surface area contributed by atoms with E-state index in [2.05, 4.69) is 26.0 Å². The van der Waals surface area contributed by atoms with E-state index < -0.39 is 62.4 Å². The number of unbranched alkanes of at least 4 members (excludes halogenated alkanes) is 15. The lowest BCUT2D eigenvalue weighted by atomic mass is 10.0. The third kappa shape index (κ3) is 37.2. The lowest BCUT2D eigenvalue weighted by Crippen LogP contribution is -2.40. The highest BCUT2D eigenvalue weighted by molar-refractivity contribution is 8.00. The van der Waals surface area contributed by atoms with E-state index in [1.54, 1.807) is 12.2 Å². The maximum atomic E-state index is 13.1. The summed E-state index contributed by atoms with van der Waals surface area (Å²) in [4.78, 5) is 46.7. The number of hydrogen-bond donors (Lipinski definition) is 5. The molecule has 0 saturated carbocycles. The standard InChI is InChI=1S/C44H79N2O11PS/c1-3-5-7-9-11-13-15-17-19-21-23-25-27-32-43(50)54-35-38(36-56-58(52,53)55-34-33-45)57-44(51)39(46)37-59-41(40(47)29-28-31-42(48)49)30-26-24-22-20-18-16-14-12-10-8-6-4-2/h12,14,18,20,22,24,26,30,38-41,47H,3-11,13,15-17,19,21,23,25,27-29,31-37,45-46H2,1-2H3,(H,48,49)(H,52,53)/b14-12-,20-18-,24-22+,30-26+/t38-,39+,40+,41-/m1/s1. The van der Waals surface area contributed by atoms with Crippen LogP contribution in [-0.4, -0.2) is 88.6 Å². The minimum absolute atomic E-state index is 0.0164. The number of carbonyl (C=O) groups is 3. The van der Waals surface area contributed by atoms with Gasteiger partial charge >= 0.3 is 25.7 Å². The van der Waals surface area contributed by atoms with Crippen LogP contribution in [-0.2, 0) is 37.5 Å². The lowest BCUT2D eigenvalue weighted by Gasteiger charge is -2.23. The molecule has 0 saturated heterocycles. The molecule has 0 rings (SSSR count). The molecular formula is C44H79N2O11PS. The summed E-state index contributed by atoms with van der Waals surface area (Å²) in [5.41, 5.74) is 11.5. The van der Waals surface area contributed by atoms with Crippen LogP contribution in [0.2, 0.25) is 0 Å². The van der Waals surface area contributed by atoms with Crippen LogP contribution >= 0.6 is 19.6 Å². The molecule has 0 aromatic heterocycles. The van der Waals surface area contributed by atoms with E-state index in [1.807, 2.05) is 24.3 Å². The summed E-state index contributed by atoms with van der Waals surface area (Å²) in [5.74, 6) is -2.31. The summed E-state index contributed by atoms with van der Waals surface area (Å²) in [6, 6.07) is -1.19. The summed E-state index contributed by atoms with van der Waals surface area (Å²) in [6.07, 6.45) is 34.7. The fraction of sp³-hybridized carbons (Fsp3) is 0.750. The van der Waals surface area contributed by atoms with Gasteiger partial charge in [0.15, 0.2) is 6.10 Å². The van der Waals surface area contributed by atoms with Crippen LogP contribution in [0.15, 0.2) is 48.6 Å². The van der Waals surface area contributed by atoms with Crippen LogP contribution < -0.4 is 11.5 Å². The van der Waals surface area contributed by atoms with E-state index in [9.17, 15) is 28.9 Å². The maximum absolute atomic E-state index is 13.1. The van der Waals surface area contributed by atoms with Crippen molar-refractivity contribution in [1.29, 1.82) is 0 Å². The molecule has 0 amide bonds. The minimum Gasteiger partial charge on any atom is -0.481 e. The Morgan fingerprint density at radius 1 is 0.746 bits per heavy atom. The minimum atomic E-state index is -4.53. The Morgan fingerprint density at radius 3 is 1.98 bits per heavy atom. The highest BCUT2D eigenvalue weighted by Gasteiger charge is 2.28. The largest absolute Gasteiger partial charge is 0.481 e. The van der Waals surface area contributed by atoms with E-state index >= 15 is 0 Å². The van der Waals surface area contributed by atoms with Crippen molar-refractivity contribution >= 4 is 37.5 Å². The van der Waals surface area contributed by atoms with E-state index in [0.29, 0.717) is 6.42 Å². The number of phosphoric acid groups is 1. The number of esters is 2. The predicted molar refractivity (Wildman–Crippen MR) is 239 cm³/mol. The molecule has 0 aliphatic heterocycles. The van der Waals surface area contributed by atoms with Gasteiger partial charge < -0.3 is 36.0 Å². The number of aliphatic carboxylic acids is 1. The monoisotopic (exact) mass is 875 g/mol. The fourth-order valence-corrected chi connectivity index (χ4v) is 7.65. The second kappa shape index (κ2) is 39.8. The molecule has 0 aliphatic rings. The zero-order valence-corrected chi connectivity index (χ0v) is 37.8. The van der Waals surface area contributed by atoms with Gasteiger partial charge in [-0.2, -0.15) is 0 Å². The summed E-state index contributed by atoms with van der Waals surface area (Å²) < 4.78 is 32.9. The van der Waals surface area contributed by atoms with Gasteiger partial charge in [-0.05, 0) is 38.5 Å². The molecule has 0 aliphatic carbocycles. The van der Waals surface area contributed by atoms with E-state index in [4.69, 9.17) is 35.1 Å². The average molecular weight is 875 g/mol. The van der Waals surface area contributed by atoms with Crippen LogP contribution in [0.1, 0.15) is 155 Å². The number of aliphatic hydroxyl groups excluding tert-OH is 1. The normalized spacial score (nSPS) is 15.2. The summed E-state index contributed by atoms with van der Waals surface area (Å²) in [7, 11) is -4.53. The molecule has 0 fully saturated rings. The van der Waals surface area contributed by atoms with Gasteiger partial charge in [0.25, 0.3) is 0 Å². The number of carboxylic acids is 1. The van der Waals surface area contributed by atoms with Crippen LogP contribution in [0.5, 0.6) is 0 Å². The molecule has 1 unspecified atom stereocenters. The topological polar surface area (TPSA) is 218 Å². The number of hydrogen-bond acceptors (Lipinski definition) is 12. The molecule has 0 spiro atoms. The first kappa shape index (κ1) is 56.7. The molecule has 0 heterocycles. The van der Waals surface area contributed by atoms with Crippen molar-refractivity contribution in [3.05, 3.63) is 48.6 Å². The highest BCUT2D eigenvalue weighted by Crippen LogP contribution is 2.43. The molecule has 342 valence electrons. The number of phosphoric ester groups is 1. The number of carbonyl (C=O) groups excluding carboxylic acids is 2. The number of nitrogens with two attached hydrogens (primary N) is 2. The smallest absolute Gasteiger partial charge is 0.472 e. The maximum Gasteiger partial charge on any atom is 0.472 e. The van der Waals surface area contributed by atoms with Gasteiger partial charge in [-0.1, -0.05) is 152 Å². The molecule has 15 heteroatoms. The lowest BCUT2D eigenvalue weighted by molar-refractivity contribution is -0.161. The molecule has 0 bridgehead atoms. The van der Waals surface area contributed by atoms with E-state index in [1.165, 1.54) is 88.8 Å². The van der Waals surface area contributed by atoms with Crippen molar-refractivity contribution in [2.75, 3.05) is 32.1 Å². The average Bonchev–Trinajstić information content (AvgIpc) is 3.20. The second-order valence-electron chi connectivity index (χ2n) is 14.8. The van der Waals surface area contributed by atoms with Gasteiger partial charge in [-0.25, -0.2) is 4.57 Å². The third-order valence-corrected chi connectivity index (χ3v) is 11.6. The van der Waals surface area contributed by atoms with Crippen molar-refractivity contribution in [2.45, 2.75) is 179 Å². The summed E-state index contributed by atoms with van der Waals surface area (Å²) in [6.45, 7) is 3.11. The van der Waals surface area contributed by atoms with Crippen LogP contribution in [0, 0.1) is 0 Å². The van der Waals surface area contributed by atoms with E-state index in [0.717, 1.165) is 32.1 Å². The summed E-state index contributed by atoms with van der Waals surface area (Å²) >= 11 is 1.20. The quantitative estimate of drug-likeness (QED) is 0.0127. The molecule has 0 aromatic rings. The van der Waals surface area contributed by atoms with Gasteiger partial charge in [0.1, 0.15) is 12.6 Å². The van der Waals surface area contributed by atoms with Crippen molar-refractivity contribution in [3.8, 4) is 0 Å². The number of aliphatic hydroxyl groups is 1. The van der Waals surface area contributed by atoms with Gasteiger partial charge in [-0.3, -0.25) is 23.4 Å². The highest BCUT2D eigenvalue weighted by atomic mass is 32.2.